The van der Waals surface area contributed by atoms with Gasteiger partial charge in [-0.05, 0) is 48.2 Å². The van der Waals surface area contributed by atoms with Crippen molar-refractivity contribution < 1.29 is 15.3 Å². The highest BCUT2D eigenvalue weighted by atomic mass is 16.3. The molecule has 0 aliphatic rings. The number of aromatic nitrogens is 3. The number of rotatable bonds is 9. The summed E-state index contributed by atoms with van der Waals surface area (Å²) in [5, 5.41) is 36.5. The van der Waals surface area contributed by atoms with Crippen LogP contribution in [0.15, 0.2) is 41.2 Å². The molecule has 0 spiro atoms. The van der Waals surface area contributed by atoms with Crippen LogP contribution in [0.4, 0.5) is 5.69 Å². The number of phenolic OH excluding ortho intramolecular Hbond substituents is 2. The van der Waals surface area contributed by atoms with Gasteiger partial charge in [0.1, 0.15) is 11.5 Å². The van der Waals surface area contributed by atoms with Crippen LogP contribution >= 0.6 is 0 Å². The van der Waals surface area contributed by atoms with Crippen LogP contribution in [-0.4, -0.2) is 49.8 Å². The highest BCUT2D eigenvalue weighted by Gasteiger charge is 2.19. The Balaban J connectivity index is 2.02. The molecule has 0 unspecified atom stereocenters. The number of aromatic amines is 1. The fraction of sp³-hybridized carbons (Fsp3) is 0.391. The van der Waals surface area contributed by atoms with Gasteiger partial charge in [0.25, 0.3) is 0 Å². The maximum Gasteiger partial charge on any atom is 0.348 e. The molecule has 3 aromatic rings. The molecule has 2 aromatic carbocycles. The molecule has 8 nitrogen and oxygen atoms in total. The molecule has 4 N–H and O–H groups in total. The van der Waals surface area contributed by atoms with E-state index >= 15 is 0 Å². The number of H-pyrrole nitrogens is 1. The molecule has 0 saturated heterocycles. The van der Waals surface area contributed by atoms with Crippen LogP contribution in [0.3, 0.4) is 0 Å². The molecule has 0 amide bonds. The van der Waals surface area contributed by atoms with Gasteiger partial charge in [0, 0.05) is 24.8 Å². The largest absolute Gasteiger partial charge is 0.508 e. The van der Waals surface area contributed by atoms with E-state index in [1.165, 1.54) is 10.6 Å². The molecule has 1 heterocycles. The smallest absolute Gasteiger partial charge is 0.348 e. The first-order valence-electron chi connectivity index (χ1n) is 10.6. The van der Waals surface area contributed by atoms with Gasteiger partial charge in [-0.3, -0.25) is 0 Å². The molecule has 0 aliphatic heterocycles. The lowest BCUT2D eigenvalue weighted by Crippen LogP contribution is -2.27. The zero-order chi connectivity index (χ0) is 22.5. The van der Waals surface area contributed by atoms with Crippen LogP contribution in [0, 0.1) is 0 Å². The number of nitrogens with one attached hydrogen (secondary N) is 1. The van der Waals surface area contributed by atoms with E-state index in [-0.39, 0.29) is 29.8 Å². The van der Waals surface area contributed by atoms with Crippen LogP contribution in [0.2, 0.25) is 0 Å². The average molecular weight is 427 g/mol. The van der Waals surface area contributed by atoms with Crippen LogP contribution in [-0.2, 0) is 0 Å². The predicted molar refractivity (Wildman–Crippen MR) is 121 cm³/mol. The lowest BCUT2D eigenvalue weighted by atomic mass is 9.98. The number of anilines is 1. The standard InChI is InChI=1S/C23H30N4O4/c1-4-5-10-26(11-12-28)16-6-8-17(9-7-16)27-22(24-25-23(27)31)19-13-18(15(2)3)20(29)14-21(19)30/h6-9,13-15,28-30H,4-5,10-12H2,1-3H3,(H,25,31). The highest BCUT2D eigenvalue weighted by Crippen LogP contribution is 2.37. The summed E-state index contributed by atoms with van der Waals surface area (Å²) in [6.07, 6.45) is 2.08. The van der Waals surface area contributed by atoms with Gasteiger partial charge in [-0.1, -0.05) is 27.2 Å². The molecule has 0 atom stereocenters. The van der Waals surface area contributed by atoms with Gasteiger partial charge in [0.05, 0.1) is 17.9 Å². The van der Waals surface area contributed by atoms with E-state index < -0.39 is 5.69 Å². The molecule has 31 heavy (non-hydrogen) atoms. The molecule has 0 saturated carbocycles. The minimum atomic E-state index is -0.431. The van der Waals surface area contributed by atoms with Crippen molar-refractivity contribution in [3.8, 4) is 28.6 Å². The van der Waals surface area contributed by atoms with Crippen molar-refractivity contribution in [3.05, 3.63) is 52.4 Å². The lowest BCUT2D eigenvalue weighted by Gasteiger charge is -2.24. The predicted octanol–water partition coefficient (Wildman–Crippen LogP) is 3.36. The first-order valence-corrected chi connectivity index (χ1v) is 10.6. The van der Waals surface area contributed by atoms with E-state index in [0.29, 0.717) is 23.4 Å². The van der Waals surface area contributed by atoms with Gasteiger partial charge in [-0.2, -0.15) is 5.10 Å². The number of aliphatic hydroxyl groups excluding tert-OH is 1. The Bertz CT molecular complexity index is 1070. The number of benzene rings is 2. The molecular weight excluding hydrogens is 396 g/mol. The maximum atomic E-state index is 12.5. The van der Waals surface area contributed by atoms with Gasteiger partial charge in [0.15, 0.2) is 5.82 Å². The molecule has 1 aromatic heterocycles. The molecule has 0 aliphatic carbocycles. The van der Waals surface area contributed by atoms with E-state index in [9.17, 15) is 20.1 Å². The number of aromatic hydroxyl groups is 2. The average Bonchev–Trinajstić information content (AvgIpc) is 3.12. The van der Waals surface area contributed by atoms with Gasteiger partial charge in [-0.15, -0.1) is 0 Å². The van der Waals surface area contributed by atoms with Crippen molar-refractivity contribution in [2.45, 2.75) is 39.5 Å². The Hall–Kier alpha value is -3.26. The van der Waals surface area contributed by atoms with Crippen molar-refractivity contribution in [2.75, 3.05) is 24.6 Å². The van der Waals surface area contributed by atoms with E-state index in [1.807, 2.05) is 38.1 Å². The van der Waals surface area contributed by atoms with Crippen LogP contribution in [0.1, 0.15) is 45.1 Å². The maximum absolute atomic E-state index is 12.5. The molecule has 3 rings (SSSR count). The minimum Gasteiger partial charge on any atom is -0.508 e. The SMILES string of the molecule is CCCCN(CCO)c1ccc(-n2c(-c3cc(C(C)C)c(O)cc3O)n[nH]c2=O)cc1. The third-order valence-corrected chi connectivity index (χ3v) is 5.30. The topological polar surface area (TPSA) is 115 Å². The molecule has 8 heteroatoms. The molecular formula is C23H30N4O4. The summed E-state index contributed by atoms with van der Waals surface area (Å²) in [6.45, 7) is 7.43. The normalized spacial score (nSPS) is 11.3. The second-order valence-corrected chi connectivity index (χ2v) is 7.85. The Kier molecular flexibility index (Phi) is 7.02. The second-order valence-electron chi connectivity index (χ2n) is 7.85. The van der Waals surface area contributed by atoms with Crippen molar-refractivity contribution in [2.24, 2.45) is 0 Å². The van der Waals surface area contributed by atoms with Gasteiger partial charge in [0.2, 0.25) is 0 Å². The molecule has 0 bridgehead atoms. The number of aliphatic hydroxyl groups is 1. The molecule has 166 valence electrons. The van der Waals surface area contributed by atoms with Crippen molar-refractivity contribution in [3.63, 3.8) is 0 Å². The first-order chi connectivity index (χ1) is 14.9. The summed E-state index contributed by atoms with van der Waals surface area (Å²) in [4.78, 5) is 14.6. The van der Waals surface area contributed by atoms with E-state index in [2.05, 4.69) is 22.0 Å². The number of phenols is 2. The van der Waals surface area contributed by atoms with Crippen molar-refractivity contribution >= 4 is 5.69 Å². The minimum absolute atomic E-state index is 0.00101. The number of unbranched alkanes of at least 4 members (excludes halogenated alkanes) is 1. The number of nitrogens with zero attached hydrogens (tertiary/aromatic N) is 3. The summed E-state index contributed by atoms with van der Waals surface area (Å²) in [7, 11) is 0. The third kappa shape index (κ3) is 4.74. The van der Waals surface area contributed by atoms with Crippen LogP contribution in [0.25, 0.3) is 17.1 Å². The highest BCUT2D eigenvalue weighted by molar-refractivity contribution is 5.69. The van der Waals surface area contributed by atoms with E-state index in [4.69, 9.17) is 0 Å². The first kappa shape index (κ1) is 22.4. The zero-order valence-corrected chi connectivity index (χ0v) is 18.2. The Morgan fingerprint density at radius 1 is 1.10 bits per heavy atom. The van der Waals surface area contributed by atoms with Gasteiger partial charge < -0.3 is 20.2 Å². The van der Waals surface area contributed by atoms with E-state index in [0.717, 1.165) is 25.1 Å². The fourth-order valence-electron chi connectivity index (χ4n) is 3.60. The zero-order valence-electron chi connectivity index (χ0n) is 18.2. The molecule has 0 fully saturated rings. The third-order valence-electron chi connectivity index (χ3n) is 5.30. The Labute approximate surface area is 181 Å². The quantitative estimate of drug-likeness (QED) is 0.417. The lowest BCUT2D eigenvalue weighted by molar-refractivity contribution is 0.301. The summed E-state index contributed by atoms with van der Waals surface area (Å²) < 4.78 is 1.39. The molecule has 0 radical (unpaired) electrons. The summed E-state index contributed by atoms with van der Waals surface area (Å²) in [6, 6.07) is 10.4. The Morgan fingerprint density at radius 3 is 2.42 bits per heavy atom. The van der Waals surface area contributed by atoms with Gasteiger partial charge >= 0.3 is 5.69 Å². The summed E-state index contributed by atoms with van der Waals surface area (Å²) in [5.41, 5.74) is 2.13. The monoisotopic (exact) mass is 426 g/mol. The van der Waals surface area contributed by atoms with Gasteiger partial charge in [-0.25, -0.2) is 14.5 Å². The number of hydrogen-bond acceptors (Lipinski definition) is 6. The summed E-state index contributed by atoms with van der Waals surface area (Å²) >= 11 is 0. The summed E-state index contributed by atoms with van der Waals surface area (Å²) in [5.74, 6) is 0.127. The number of hydrogen-bond donors (Lipinski definition) is 4. The Morgan fingerprint density at radius 2 is 1.81 bits per heavy atom. The second kappa shape index (κ2) is 9.70. The van der Waals surface area contributed by atoms with Crippen molar-refractivity contribution in [1.29, 1.82) is 0 Å². The van der Waals surface area contributed by atoms with Crippen molar-refractivity contribution in [1.82, 2.24) is 14.8 Å². The fourth-order valence-corrected chi connectivity index (χ4v) is 3.60. The van der Waals surface area contributed by atoms with E-state index in [1.54, 1.807) is 6.07 Å². The van der Waals surface area contributed by atoms with Crippen LogP contribution < -0.4 is 10.6 Å². The van der Waals surface area contributed by atoms with Crippen LogP contribution in [0.5, 0.6) is 11.5 Å².